The van der Waals surface area contributed by atoms with Crippen LogP contribution in [0.15, 0.2) is 0 Å². The van der Waals surface area contributed by atoms with Crippen molar-refractivity contribution in [3.63, 3.8) is 0 Å². The molecule has 0 aromatic rings. The fraction of sp³-hybridized carbons (Fsp3) is 1.00. The molecule has 1 atom stereocenters. The first kappa shape index (κ1) is 14.0. The molecule has 1 saturated carbocycles. The molecule has 0 amide bonds. The maximum atomic E-state index is 3.78. The number of nitrogens with one attached hydrogen (secondary N) is 1. The molecule has 0 aliphatic heterocycles. The minimum Gasteiger partial charge on any atom is -0.314 e. The molecule has 1 N–H and O–H groups in total. The van der Waals surface area contributed by atoms with Crippen molar-refractivity contribution in [1.82, 2.24) is 5.32 Å². The summed E-state index contributed by atoms with van der Waals surface area (Å²) in [6.45, 7) is 15.4. The number of hydrogen-bond donors (Lipinski definition) is 1. The Morgan fingerprint density at radius 3 is 2.00 bits per heavy atom. The van der Waals surface area contributed by atoms with Crippen molar-refractivity contribution in [2.45, 2.75) is 73.3 Å². The van der Waals surface area contributed by atoms with E-state index in [-0.39, 0.29) is 0 Å². The highest BCUT2D eigenvalue weighted by Crippen LogP contribution is 2.67. The van der Waals surface area contributed by atoms with Gasteiger partial charge in [0.15, 0.2) is 0 Å². The molecule has 0 saturated heterocycles. The molecule has 1 nitrogen and oxygen atoms in total. The lowest BCUT2D eigenvalue weighted by atomic mass is 10.0. The number of hydrogen-bond acceptors (Lipinski definition) is 1. The average Bonchev–Trinajstić information content (AvgIpc) is 2.60. The van der Waals surface area contributed by atoms with Crippen molar-refractivity contribution < 1.29 is 0 Å². The molecule has 96 valence electrons. The van der Waals surface area contributed by atoms with E-state index in [0.717, 1.165) is 12.0 Å². The minimum atomic E-state index is 0.531. The Balaban J connectivity index is 2.29. The van der Waals surface area contributed by atoms with Crippen molar-refractivity contribution in [2.75, 3.05) is 6.54 Å². The fourth-order valence-corrected chi connectivity index (χ4v) is 3.03. The van der Waals surface area contributed by atoms with Crippen LogP contribution in [0.4, 0.5) is 0 Å². The van der Waals surface area contributed by atoms with Crippen LogP contribution >= 0.6 is 0 Å². The van der Waals surface area contributed by atoms with E-state index in [9.17, 15) is 0 Å². The molecule has 0 heterocycles. The summed E-state index contributed by atoms with van der Waals surface area (Å²) in [5.41, 5.74) is 1.06. The molecule has 0 aromatic heterocycles. The second kappa shape index (κ2) is 5.08. The normalized spacial score (nSPS) is 24.4. The lowest BCUT2D eigenvalue weighted by molar-refractivity contribution is 0.420. The van der Waals surface area contributed by atoms with Gasteiger partial charge in [-0.1, -0.05) is 54.4 Å². The highest BCUT2D eigenvalue weighted by molar-refractivity contribution is 5.12. The quantitative estimate of drug-likeness (QED) is 0.684. The fourth-order valence-electron chi connectivity index (χ4n) is 3.03. The van der Waals surface area contributed by atoms with E-state index in [1.807, 2.05) is 0 Å². The van der Waals surface area contributed by atoms with Crippen LogP contribution in [0.2, 0.25) is 0 Å². The molecule has 0 aromatic carbocycles. The van der Waals surface area contributed by atoms with E-state index in [0.29, 0.717) is 10.8 Å². The van der Waals surface area contributed by atoms with Gasteiger partial charge in [-0.15, -0.1) is 0 Å². The van der Waals surface area contributed by atoms with Crippen LogP contribution in [0.5, 0.6) is 0 Å². The predicted molar refractivity (Wildman–Crippen MR) is 72.7 cm³/mol. The largest absolute Gasteiger partial charge is 0.314 e. The van der Waals surface area contributed by atoms with Gasteiger partial charge in [0.05, 0.1) is 0 Å². The van der Waals surface area contributed by atoms with E-state index in [2.05, 4.69) is 46.9 Å². The van der Waals surface area contributed by atoms with Crippen LogP contribution in [0.25, 0.3) is 0 Å². The first-order valence-electron chi connectivity index (χ1n) is 7.11. The molecule has 0 radical (unpaired) electrons. The van der Waals surface area contributed by atoms with Crippen LogP contribution in [-0.2, 0) is 0 Å². The highest BCUT2D eigenvalue weighted by Gasteiger charge is 2.63. The highest BCUT2D eigenvalue weighted by atomic mass is 14.9. The summed E-state index contributed by atoms with van der Waals surface area (Å²) in [5.74, 6) is 0.857. The summed E-state index contributed by atoms with van der Waals surface area (Å²) in [7, 11) is 0. The molecule has 1 aliphatic rings. The van der Waals surface area contributed by atoms with Gasteiger partial charge >= 0.3 is 0 Å². The number of rotatable bonds is 7. The molecule has 1 fully saturated rings. The Labute approximate surface area is 102 Å². The Morgan fingerprint density at radius 2 is 1.62 bits per heavy atom. The molecule has 16 heavy (non-hydrogen) atoms. The van der Waals surface area contributed by atoms with E-state index >= 15 is 0 Å². The van der Waals surface area contributed by atoms with Crippen LogP contribution in [0.1, 0.15) is 67.2 Å². The van der Waals surface area contributed by atoms with Crippen molar-refractivity contribution >= 4 is 0 Å². The Morgan fingerprint density at radius 1 is 1.06 bits per heavy atom. The van der Waals surface area contributed by atoms with Crippen LogP contribution in [-0.4, -0.2) is 12.6 Å². The molecule has 1 aliphatic carbocycles. The third kappa shape index (κ3) is 2.61. The molecule has 1 heteroatoms. The lowest BCUT2D eigenvalue weighted by Crippen LogP contribution is -2.31. The zero-order valence-corrected chi connectivity index (χ0v) is 12.2. The first-order valence-corrected chi connectivity index (χ1v) is 7.11. The SMILES string of the molecule is CCCCC(CC)NCC1C(C)(C)C1(C)C. The summed E-state index contributed by atoms with van der Waals surface area (Å²) in [6, 6.07) is 0.743. The average molecular weight is 225 g/mol. The van der Waals surface area contributed by atoms with Gasteiger partial charge in [0.25, 0.3) is 0 Å². The van der Waals surface area contributed by atoms with Gasteiger partial charge in [-0.2, -0.15) is 0 Å². The van der Waals surface area contributed by atoms with Crippen molar-refractivity contribution in [2.24, 2.45) is 16.7 Å². The Bertz CT molecular complexity index is 203. The first-order chi connectivity index (χ1) is 7.37. The van der Waals surface area contributed by atoms with Gasteiger partial charge in [0, 0.05) is 6.04 Å². The Kier molecular flexibility index (Phi) is 4.45. The smallest absolute Gasteiger partial charge is 0.00645 e. The summed E-state index contributed by atoms with van der Waals surface area (Å²) in [4.78, 5) is 0. The zero-order valence-electron chi connectivity index (χ0n) is 12.2. The zero-order chi connectivity index (χ0) is 12.4. The standard InChI is InChI=1S/C15H31N/c1-7-9-10-12(8-2)16-11-13-14(3,4)15(13,5)6/h12-13,16H,7-11H2,1-6H3. The summed E-state index contributed by atoms with van der Waals surface area (Å²) in [5, 5.41) is 3.78. The Hall–Kier alpha value is -0.0400. The monoisotopic (exact) mass is 225 g/mol. The lowest BCUT2D eigenvalue weighted by Gasteiger charge is -2.17. The van der Waals surface area contributed by atoms with Crippen molar-refractivity contribution in [1.29, 1.82) is 0 Å². The number of unbranched alkanes of at least 4 members (excludes halogenated alkanes) is 1. The van der Waals surface area contributed by atoms with Crippen LogP contribution < -0.4 is 5.32 Å². The second-order valence-electron chi connectivity index (χ2n) is 6.65. The molecular weight excluding hydrogens is 194 g/mol. The van der Waals surface area contributed by atoms with E-state index in [1.165, 1.54) is 32.2 Å². The van der Waals surface area contributed by atoms with Crippen LogP contribution in [0.3, 0.4) is 0 Å². The van der Waals surface area contributed by atoms with E-state index in [4.69, 9.17) is 0 Å². The van der Waals surface area contributed by atoms with Gasteiger partial charge in [-0.05, 0) is 36.1 Å². The van der Waals surface area contributed by atoms with Crippen molar-refractivity contribution in [3.05, 3.63) is 0 Å². The van der Waals surface area contributed by atoms with Crippen molar-refractivity contribution in [3.8, 4) is 0 Å². The molecule has 0 bridgehead atoms. The molecular formula is C15H31N. The van der Waals surface area contributed by atoms with Gasteiger partial charge in [-0.25, -0.2) is 0 Å². The maximum Gasteiger partial charge on any atom is 0.00645 e. The van der Waals surface area contributed by atoms with Gasteiger partial charge in [-0.3, -0.25) is 0 Å². The van der Waals surface area contributed by atoms with E-state index in [1.54, 1.807) is 0 Å². The van der Waals surface area contributed by atoms with Crippen LogP contribution in [0, 0.1) is 16.7 Å². The minimum absolute atomic E-state index is 0.531. The summed E-state index contributed by atoms with van der Waals surface area (Å²) >= 11 is 0. The van der Waals surface area contributed by atoms with Gasteiger partial charge < -0.3 is 5.32 Å². The third-order valence-electron chi connectivity index (χ3n) is 5.33. The summed E-state index contributed by atoms with van der Waals surface area (Å²) < 4.78 is 0. The molecule has 0 spiro atoms. The molecule has 1 rings (SSSR count). The summed E-state index contributed by atoms with van der Waals surface area (Å²) in [6.07, 6.45) is 5.30. The second-order valence-corrected chi connectivity index (χ2v) is 6.65. The third-order valence-corrected chi connectivity index (χ3v) is 5.33. The topological polar surface area (TPSA) is 12.0 Å². The maximum absolute atomic E-state index is 3.78. The molecule has 1 unspecified atom stereocenters. The van der Waals surface area contributed by atoms with E-state index < -0.39 is 0 Å². The predicted octanol–water partition coefficient (Wildman–Crippen LogP) is 4.23. The van der Waals surface area contributed by atoms with Gasteiger partial charge in [0.1, 0.15) is 0 Å². The van der Waals surface area contributed by atoms with Gasteiger partial charge in [0.2, 0.25) is 0 Å².